The van der Waals surface area contributed by atoms with Crippen molar-refractivity contribution >= 4 is 10.8 Å². The van der Waals surface area contributed by atoms with Crippen LogP contribution < -0.4 is 0 Å². The molecule has 0 unspecified atom stereocenters. The summed E-state index contributed by atoms with van der Waals surface area (Å²) in [6.45, 7) is 0. The Balaban J connectivity index is 1.35. The van der Waals surface area contributed by atoms with E-state index in [2.05, 4.69) is 120 Å². The number of aromatic nitrogens is 3. The highest BCUT2D eigenvalue weighted by Gasteiger charge is 2.23. The van der Waals surface area contributed by atoms with Crippen molar-refractivity contribution in [3.63, 3.8) is 0 Å². The first-order chi connectivity index (χ1) is 19.8. The molecule has 0 saturated carbocycles. The zero-order valence-corrected chi connectivity index (χ0v) is 21.6. The van der Waals surface area contributed by atoms with E-state index < -0.39 is 0 Å². The average Bonchev–Trinajstić information content (AvgIpc) is 3.37. The molecule has 3 heteroatoms. The number of nitrogens with zero attached hydrogens (tertiary/aromatic N) is 3. The molecule has 5 aromatic carbocycles. The van der Waals surface area contributed by atoms with E-state index in [4.69, 9.17) is 9.97 Å². The number of rotatable bonds is 4. The third-order valence-corrected chi connectivity index (χ3v) is 7.74. The van der Waals surface area contributed by atoms with Gasteiger partial charge in [0, 0.05) is 34.6 Å². The minimum Gasteiger partial charge on any atom is -0.264 e. The molecule has 8 rings (SSSR count). The lowest BCUT2D eigenvalue weighted by Crippen LogP contribution is -1.97. The van der Waals surface area contributed by atoms with Crippen molar-refractivity contribution in [2.24, 2.45) is 0 Å². The van der Waals surface area contributed by atoms with Gasteiger partial charge in [0.15, 0.2) is 5.82 Å². The van der Waals surface area contributed by atoms with Crippen LogP contribution in [0.3, 0.4) is 0 Å². The first-order valence-corrected chi connectivity index (χ1v) is 13.4. The Kier molecular flexibility index (Phi) is 5.14. The Morgan fingerprint density at radius 2 is 1.02 bits per heavy atom. The maximum Gasteiger partial charge on any atom is 0.161 e. The number of benzene rings is 5. The van der Waals surface area contributed by atoms with Gasteiger partial charge in [0.1, 0.15) is 0 Å². The summed E-state index contributed by atoms with van der Waals surface area (Å²) in [6.07, 6.45) is 3.69. The Hall–Kier alpha value is -5.41. The lowest BCUT2D eigenvalue weighted by molar-refractivity contribution is 1.19. The summed E-state index contributed by atoms with van der Waals surface area (Å²) in [7, 11) is 0. The van der Waals surface area contributed by atoms with Crippen molar-refractivity contribution in [3.05, 3.63) is 140 Å². The quantitative estimate of drug-likeness (QED) is 0.237. The lowest BCUT2D eigenvalue weighted by atomic mass is 9.97. The van der Waals surface area contributed by atoms with Crippen LogP contribution in [0, 0.1) is 0 Å². The number of pyridine rings is 1. The summed E-state index contributed by atoms with van der Waals surface area (Å²) < 4.78 is 0. The van der Waals surface area contributed by atoms with Crippen LogP contribution in [0.2, 0.25) is 0 Å². The molecule has 0 N–H and O–H groups in total. The molecule has 40 heavy (non-hydrogen) atoms. The molecular weight excluding hydrogens is 486 g/mol. The molecular formula is C37H23N3. The molecule has 1 aliphatic rings. The van der Waals surface area contributed by atoms with E-state index in [1.165, 1.54) is 33.0 Å². The summed E-state index contributed by atoms with van der Waals surface area (Å²) in [4.78, 5) is 14.6. The third kappa shape index (κ3) is 3.63. The van der Waals surface area contributed by atoms with Gasteiger partial charge < -0.3 is 0 Å². The van der Waals surface area contributed by atoms with Gasteiger partial charge in [-0.3, -0.25) is 4.98 Å². The van der Waals surface area contributed by atoms with E-state index in [0.29, 0.717) is 0 Å². The van der Waals surface area contributed by atoms with Crippen molar-refractivity contribution in [3.8, 4) is 67.3 Å². The third-order valence-electron chi connectivity index (χ3n) is 7.74. The topological polar surface area (TPSA) is 38.7 Å². The molecule has 2 aromatic heterocycles. The summed E-state index contributed by atoms with van der Waals surface area (Å²) in [5, 5.41) is 2.45. The average molecular weight is 510 g/mol. The van der Waals surface area contributed by atoms with Gasteiger partial charge >= 0.3 is 0 Å². The zero-order valence-electron chi connectivity index (χ0n) is 21.6. The maximum atomic E-state index is 5.19. The predicted molar refractivity (Wildman–Crippen MR) is 164 cm³/mol. The standard InChI is InChI=1S/C37H23N3/c1-2-9-24(10-3-1)34-22-35(26-12-6-11-25(21-26)27-13-8-20-38-23-27)40-37(39-34)33-19-18-32-29-15-5-4-14-28(29)30-16-7-17-31(33)36(30)32/h1-23H. The van der Waals surface area contributed by atoms with Gasteiger partial charge in [0.25, 0.3) is 0 Å². The van der Waals surface area contributed by atoms with Crippen LogP contribution >= 0.6 is 0 Å². The summed E-state index contributed by atoms with van der Waals surface area (Å²) in [5.74, 6) is 0.725. The summed E-state index contributed by atoms with van der Waals surface area (Å²) >= 11 is 0. The Morgan fingerprint density at radius 3 is 1.82 bits per heavy atom. The van der Waals surface area contributed by atoms with Crippen molar-refractivity contribution in [1.29, 1.82) is 0 Å². The predicted octanol–water partition coefficient (Wildman–Crippen LogP) is 9.34. The molecule has 0 radical (unpaired) electrons. The largest absolute Gasteiger partial charge is 0.264 e. The van der Waals surface area contributed by atoms with Gasteiger partial charge in [-0.25, -0.2) is 9.97 Å². The van der Waals surface area contributed by atoms with E-state index in [9.17, 15) is 0 Å². The molecule has 7 aromatic rings. The first-order valence-electron chi connectivity index (χ1n) is 13.4. The minimum absolute atomic E-state index is 0.725. The van der Waals surface area contributed by atoms with Crippen molar-refractivity contribution in [2.75, 3.05) is 0 Å². The Morgan fingerprint density at radius 1 is 0.400 bits per heavy atom. The van der Waals surface area contributed by atoms with Crippen LogP contribution in [0.25, 0.3) is 78.1 Å². The zero-order chi connectivity index (χ0) is 26.5. The van der Waals surface area contributed by atoms with Crippen LogP contribution in [0.5, 0.6) is 0 Å². The van der Waals surface area contributed by atoms with Gasteiger partial charge in [0.2, 0.25) is 0 Å². The first kappa shape index (κ1) is 22.6. The molecule has 1 aliphatic carbocycles. The SMILES string of the molecule is c1ccc(-c2cc(-c3cccc(-c4cccnc4)c3)nc(-c3ccc4c5c(cccc35)-c3ccccc3-4)n2)cc1. The van der Waals surface area contributed by atoms with Crippen LogP contribution in [-0.2, 0) is 0 Å². The van der Waals surface area contributed by atoms with Gasteiger partial charge in [-0.2, -0.15) is 0 Å². The summed E-state index contributed by atoms with van der Waals surface area (Å²) in [6, 6.07) is 44.6. The van der Waals surface area contributed by atoms with E-state index in [1.54, 1.807) is 6.20 Å². The van der Waals surface area contributed by atoms with Crippen molar-refractivity contribution < 1.29 is 0 Å². The van der Waals surface area contributed by atoms with Gasteiger partial charge in [-0.05, 0) is 62.9 Å². The molecule has 0 aliphatic heterocycles. The van der Waals surface area contributed by atoms with Crippen LogP contribution in [0.15, 0.2) is 140 Å². The number of hydrogen-bond donors (Lipinski definition) is 0. The second-order valence-electron chi connectivity index (χ2n) is 10.1. The normalized spacial score (nSPS) is 11.5. The van der Waals surface area contributed by atoms with E-state index in [0.717, 1.165) is 45.0 Å². The molecule has 186 valence electrons. The molecule has 3 nitrogen and oxygen atoms in total. The Labute approximate surface area is 232 Å². The van der Waals surface area contributed by atoms with Crippen LogP contribution in [-0.4, -0.2) is 15.0 Å². The maximum absolute atomic E-state index is 5.19. The Bertz CT molecular complexity index is 2020. The molecule has 0 atom stereocenters. The second-order valence-corrected chi connectivity index (χ2v) is 10.1. The molecule has 0 fully saturated rings. The fourth-order valence-electron chi connectivity index (χ4n) is 5.87. The fourth-order valence-corrected chi connectivity index (χ4v) is 5.87. The summed E-state index contributed by atoms with van der Waals surface area (Å²) in [5.41, 5.74) is 12.2. The fraction of sp³-hybridized carbons (Fsp3) is 0. The smallest absolute Gasteiger partial charge is 0.161 e. The van der Waals surface area contributed by atoms with E-state index in [1.807, 2.05) is 18.3 Å². The van der Waals surface area contributed by atoms with Crippen LogP contribution in [0.1, 0.15) is 0 Å². The van der Waals surface area contributed by atoms with E-state index in [-0.39, 0.29) is 0 Å². The van der Waals surface area contributed by atoms with Gasteiger partial charge in [-0.15, -0.1) is 0 Å². The van der Waals surface area contributed by atoms with Crippen molar-refractivity contribution in [2.45, 2.75) is 0 Å². The highest BCUT2D eigenvalue weighted by Crippen LogP contribution is 2.49. The lowest BCUT2D eigenvalue weighted by Gasteiger charge is -2.13. The highest BCUT2D eigenvalue weighted by atomic mass is 14.9. The molecule has 0 bridgehead atoms. The van der Waals surface area contributed by atoms with E-state index >= 15 is 0 Å². The molecule has 0 saturated heterocycles. The second kappa shape index (κ2) is 9.11. The molecule has 2 heterocycles. The molecule has 0 spiro atoms. The van der Waals surface area contributed by atoms with Crippen molar-refractivity contribution in [1.82, 2.24) is 15.0 Å². The van der Waals surface area contributed by atoms with Gasteiger partial charge in [0.05, 0.1) is 11.4 Å². The number of fused-ring (bicyclic) bond motifs is 3. The van der Waals surface area contributed by atoms with Gasteiger partial charge in [-0.1, -0.05) is 103 Å². The highest BCUT2D eigenvalue weighted by molar-refractivity contribution is 6.18. The minimum atomic E-state index is 0.725. The number of hydrogen-bond acceptors (Lipinski definition) is 3. The monoisotopic (exact) mass is 509 g/mol. The van der Waals surface area contributed by atoms with Crippen LogP contribution in [0.4, 0.5) is 0 Å². The molecule has 0 amide bonds.